The first-order valence-corrected chi connectivity index (χ1v) is 6.56. The molecule has 0 atom stereocenters. The predicted octanol–water partition coefficient (Wildman–Crippen LogP) is 2.20. The van der Waals surface area contributed by atoms with Crippen molar-refractivity contribution in [3.8, 4) is 0 Å². The first kappa shape index (κ1) is 14.3. The fourth-order valence-electron chi connectivity index (χ4n) is 1.97. The van der Waals surface area contributed by atoms with Gasteiger partial charge in [-0.2, -0.15) is 0 Å². The Morgan fingerprint density at radius 3 is 2.65 bits per heavy atom. The van der Waals surface area contributed by atoms with Crippen LogP contribution < -0.4 is 16.6 Å². The number of hydrogen-bond donors (Lipinski definition) is 2. The largest absolute Gasteiger partial charge is 0.335 e. The molecule has 0 radical (unpaired) electrons. The van der Waals surface area contributed by atoms with Crippen LogP contribution in [0.4, 0.5) is 11.5 Å². The van der Waals surface area contributed by atoms with Crippen molar-refractivity contribution in [2.45, 2.75) is 32.9 Å². The maximum Gasteiger partial charge on any atom is 0.294 e. The van der Waals surface area contributed by atoms with Crippen LogP contribution in [0, 0.1) is 0 Å². The molecule has 20 heavy (non-hydrogen) atoms. The molecule has 0 spiro atoms. The van der Waals surface area contributed by atoms with Crippen molar-refractivity contribution in [1.82, 2.24) is 9.55 Å². The SMILES string of the molecule is CC(C)(C)n1ccnc(Nc2ccccc2CN)c1=O. The summed E-state index contributed by atoms with van der Waals surface area (Å²) in [5.41, 5.74) is 7.02. The number of nitrogens with zero attached hydrogens (tertiary/aromatic N) is 2. The molecule has 1 heterocycles. The van der Waals surface area contributed by atoms with Gasteiger partial charge in [-0.15, -0.1) is 0 Å². The summed E-state index contributed by atoms with van der Waals surface area (Å²) in [5, 5.41) is 3.08. The van der Waals surface area contributed by atoms with E-state index < -0.39 is 0 Å². The summed E-state index contributed by atoms with van der Waals surface area (Å²) >= 11 is 0. The summed E-state index contributed by atoms with van der Waals surface area (Å²) < 4.78 is 1.66. The summed E-state index contributed by atoms with van der Waals surface area (Å²) in [5.74, 6) is 0.309. The number of para-hydroxylation sites is 1. The van der Waals surface area contributed by atoms with E-state index in [-0.39, 0.29) is 11.1 Å². The topological polar surface area (TPSA) is 72.9 Å². The van der Waals surface area contributed by atoms with E-state index in [0.717, 1.165) is 11.3 Å². The minimum absolute atomic E-state index is 0.146. The van der Waals surface area contributed by atoms with Gasteiger partial charge in [0.05, 0.1) is 0 Å². The van der Waals surface area contributed by atoms with E-state index in [2.05, 4.69) is 10.3 Å². The average Bonchev–Trinajstić information content (AvgIpc) is 2.40. The Morgan fingerprint density at radius 2 is 2.00 bits per heavy atom. The molecule has 0 saturated heterocycles. The highest BCUT2D eigenvalue weighted by atomic mass is 16.1. The zero-order valence-corrected chi connectivity index (χ0v) is 12.1. The number of nitrogens with two attached hydrogens (primary N) is 1. The summed E-state index contributed by atoms with van der Waals surface area (Å²) in [6.45, 7) is 6.34. The maximum atomic E-state index is 12.4. The van der Waals surface area contributed by atoms with Gasteiger partial charge in [0.1, 0.15) is 0 Å². The standard InChI is InChI=1S/C15H20N4O/c1-15(2,3)19-9-8-17-13(14(19)20)18-12-7-5-4-6-11(12)10-16/h4-9H,10,16H2,1-3H3,(H,17,18). The maximum absolute atomic E-state index is 12.4. The first-order chi connectivity index (χ1) is 9.43. The summed E-state index contributed by atoms with van der Waals surface area (Å²) in [4.78, 5) is 16.6. The molecule has 0 amide bonds. The summed E-state index contributed by atoms with van der Waals surface area (Å²) in [6.07, 6.45) is 3.32. The van der Waals surface area contributed by atoms with Crippen molar-refractivity contribution in [3.05, 3.63) is 52.6 Å². The highest BCUT2D eigenvalue weighted by Gasteiger charge is 2.16. The van der Waals surface area contributed by atoms with Gasteiger partial charge in [0.2, 0.25) is 0 Å². The summed E-state index contributed by atoms with van der Waals surface area (Å²) in [6, 6.07) is 7.62. The van der Waals surface area contributed by atoms with Crippen LogP contribution in [-0.4, -0.2) is 9.55 Å². The minimum atomic E-state index is -0.288. The molecular formula is C15H20N4O. The molecule has 0 bridgehead atoms. The third-order valence-electron chi connectivity index (χ3n) is 3.05. The van der Waals surface area contributed by atoms with Crippen molar-refractivity contribution in [2.75, 3.05) is 5.32 Å². The second-order valence-corrected chi connectivity index (χ2v) is 5.61. The fraction of sp³-hybridized carbons (Fsp3) is 0.333. The quantitative estimate of drug-likeness (QED) is 0.898. The van der Waals surface area contributed by atoms with Gasteiger partial charge < -0.3 is 15.6 Å². The Morgan fingerprint density at radius 1 is 1.30 bits per heavy atom. The predicted molar refractivity (Wildman–Crippen MR) is 81.1 cm³/mol. The molecule has 2 aromatic rings. The van der Waals surface area contributed by atoms with Crippen LogP contribution in [0.3, 0.4) is 0 Å². The molecule has 0 unspecified atom stereocenters. The monoisotopic (exact) mass is 272 g/mol. The lowest BCUT2D eigenvalue weighted by Gasteiger charge is -2.22. The van der Waals surface area contributed by atoms with Gasteiger partial charge in [0.15, 0.2) is 5.82 Å². The van der Waals surface area contributed by atoms with Crippen molar-refractivity contribution < 1.29 is 0 Å². The molecular weight excluding hydrogens is 252 g/mol. The van der Waals surface area contributed by atoms with Crippen LogP contribution in [0.2, 0.25) is 0 Å². The Bertz CT molecular complexity index is 655. The molecule has 5 nitrogen and oxygen atoms in total. The van der Waals surface area contributed by atoms with Gasteiger partial charge in [-0.3, -0.25) is 4.79 Å². The van der Waals surface area contributed by atoms with Crippen LogP contribution in [0.1, 0.15) is 26.3 Å². The van der Waals surface area contributed by atoms with Gasteiger partial charge in [-0.05, 0) is 32.4 Å². The summed E-state index contributed by atoms with van der Waals surface area (Å²) in [7, 11) is 0. The van der Waals surface area contributed by atoms with Crippen molar-refractivity contribution in [3.63, 3.8) is 0 Å². The molecule has 0 aliphatic carbocycles. The van der Waals surface area contributed by atoms with E-state index in [1.54, 1.807) is 17.0 Å². The second kappa shape index (κ2) is 5.46. The molecule has 0 fully saturated rings. The highest BCUT2D eigenvalue weighted by molar-refractivity contribution is 5.59. The van der Waals surface area contributed by atoms with Crippen LogP contribution in [0.5, 0.6) is 0 Å². The van der Waals surface area contributed by atoms with Crippen LogP contribution in [0.25, 0.3) is 0 Å². The molecule has 106 valence electrons. The first-order valence-electron chi connectivity index (χ1n) is 6.56. The van der Waals surface area contributed by atoms with E-state index in [0.29, 0.717) is 12.4 Å². The molecule has 0 aliphatic rings. The number of anilines is 2. The smallest absolute Gasteiger partial charge is 0.294 e. The fourth-order valence-corrected chi connectivity index (χ4v) is 1.97. The lowest BCUT2D eigenvalue weighted by molar-refractivity contribution is 0.383. The van der Waals surface area contributed by atoms with Crippen molar-refractivity contribution in [1.29, 1.82) is 0 Å². The van der Waals surface area contributed by atoms with Crippen LogP contribution >= 0.6 is 0 Å². The Labute approximate surface area is 118 Å². The zero-order valence-electron chi connectivity index (χ0n) is 12.1. The van der Waals surface area contributed by atoms with Gasteiger partial charge in [0, 0.05) is 30.2 Å². The third-order valence-corrected chi connectivity index (χ3v) is 3.05. The van der Waals surface area contributed by atoms with Crippen molar-refractivity contribution in [2.24, 2.45) is 5.73 Å². The molecule has 2 rings (SSSR count). The van der Waals surface area contributed by atoms with Crippen molar-refractivity contribution >= 4 is 11.5 Å². The van der Waals surface area contributed by atoms with E-state index in [4.69, 9.17) is 5.73 Å². The molecule has 1 aromatic heterocycles. The lowest BCUT2D eigenvalue weighted by Crippen LogP contribution is -2.34. The highest BCUT2D eigenvalue weighted by Crippen LogP contribution is 2.18. The Kier molecular flexibility index (Phi) is 3.90. The van der Waals surface area contributed by atoms with Crippen LogP contribution in [-0.2, 0) is 12.1 Å². The van der Waals surface area contributed by atoms with E-state index >= 15 is 0 Å². The molecule has 0 saturated carbocycles. The minimum Gasteiger partial charge on any atom is -0.335 e. The van der Waals surface area contributed by atoms with Gasteiger partial charge in [-0.1, -0.05) is 18.2 Å². The molecule has 5 heteroatoms. The second-order valence-electron chi connectivity index (χ2n) is 5.61. The molecule has 0 aliphatic heterocycles. The van der Waals surface area contributed by atoms with Gasteiger partial charge in [-0.25, -0.2) is 4.98 Å². The van der Waals surface area contributed by atoms with Gasteiger partial charge >= 0.3 is 0 Å². The molecule has 1 aromatic carbocycles. The van der Waals surface area contributed by atoms with E-state index in [1.807, 2.05) is 45.0 Å². The number of nitrogens with one attached hydrogen (secondary N) is 1. The van der Waals surface area contributed by atoms with Crippen LogP contribution in [0.15, 0.2) is 41.5 Å². The number of hydrogen-bond acceptors (Lipinski definition) is 4. The average molecular weight is 272 g/mol. The Balaban J connectivity index is 2.43. The number of aromatic nitrogens is 2. The van der Waals surface area contributed by atoms with Gasteiger partial charge in [0.25, 0.3) is 5.56 Å². The third kappa shape index (κ3) is 2.88. The molecule has 3 N–H and O–H groups in total. The van der Waals surface area contributed by atoms with E-state index in [9.17, 15) is 4.79 Å². The normalized spacial score (nSPS) is 11.4. The number of rotatable bonds is 3. The number of benzene rings is 1. The zero-order chi connectivity index (χ0) is 14.8. The van der Waals surface area contributed by atoms with E-state index in [1.165, 1.54) is 0 Å². The lowest BCUT2D eigenvalue weighted by atomic mass is 10.1. The Hall–Kier alpha value is -2.14.